The van der Waals surface area contributed by atoms with E-state index in [9.17, 15) is 0 Å². The lowest BCUT2D eigenvalue weighted by Crippen LogP contribution is -1.99. The lowest BCUT2D eigenvalue weighted by molar-refractivity contribution is 0.288. The zero-order chi connectivity index (χ0) is 13.0. The van der Waals surface area contributed by atoms with E-state index >= 15 is 0 Å². The predicted molar refractivity (Wildman–Crippen MR) is 73.8 cm³/mol. The summed E-state index contributed by atoms with van der Waals surface area (Å²) in [4.78, 5) is 0. The molecule has 0 bridgehead atoms. The molecule has 0 aliphatic carbocycles. The first-order chi connectivity index (χ1) is 8.74. The first-order valence-corrected chi connectivity index (χ1v) is 6.84. The molecule has 4 nitrogen and oxygen atoms in total. The Labute approximate surface area is 115 Å². The van der Waals surface area contributed by atoms with Crippen molar-refractivity contribution in [3.8, 4) is 5.69 Å². The van der Waals surface area contributed by atoms with E-state index in [1.54, 1.807) is 4.68 Å². The van der Waals surface area contributed by atoms with Gasteiger partial charge in [-0.05, 0) is 43.0 Å². The van der Waals surface area contributed by atoms with Gasteiger partial charge < -0.3 is 5.11 Å². The maximum Gasteiger partial charge on any atom is 0.0832 e. The molecule has 0 fully saturated rings. The second-order valence-electron chi connectivity index (χ2n) is 4.11. The Morgan fingerprint density at radius 2 is 2.22 bits per heavy atom. The van der Waals surface area contributed by atoms with E-state index in [1.165, 1.54) is 5.56 Å². The van der Waals surface area contributed by atoms with E-state index in [0.29, 0.717) is 0 Å². The molecular formula is C13H16BrN3O. The molecule has 0 saturated carbocycles. The monoisotopic (exact) mass is 309 g/mol. The first-order valence-electron chi connectivity index (χ1n) is 6.05. The Morgan fingerprint density at radius 3 is 2.94 bits per heavy atom. The Balaban J connectivity index is 2.28. The quantitative estimate of drug-likeness (QED) is 0.923. The fourth-order valence-electron chi connectivity index (χ4n) is 1.85. The number of benzene rings is 1. The maximum absolute atomic E-state index is 8.80. The summed E-state index contributed by atoms with van der Waals surface area (Å²) in [6, 6.07) is 6.14. The molecule has 0 aliphatic rings. The standard InChI is InChI=1S/C13H16BrN3O/c1-2-10-8-11(14)5-6-13(10)17-9-12(15-16-17)4-3-7-18/h5-6,8-9,18H,2-4,7H2,1H3. The van der Waals surface area contributed by atoms with Crippen molar-refractivity contribution in [2.24, 2.45) is 0 Å². The molecular weight excluding hydrogens is 294 g/mol. The van der Waals surface area contributed by atoms with E-state index in [-0.39, 0.29) is 6.61 Å². The fraction of sp³-hybridized carbons (Fsp3) is 0.385. The van der Waals surface area contributed by atoms with Crippen LogP contribution in [0.15, 0.2) is 28.9 Å². The van der Waals surface area contributed by atoms with Gasteiger partial charge in [-0.3, -0.25) is 0 Å². The van der Waals surface area contributed by atoms with Crippen molar-refractivity contribution in [1.29, 1.82) is 0 Å². The highest BCUT2D eigenvalue weighted by atomic mass is 79.9. The first kappa shape index (κ1) is 13.2. The molecule has 1 heterocycles. The van der Waals surface area contributed by atoms with Crippen molar-refractivity contribution < 1.29 is 5.11 Å². The number of aliphatic hydroxyl groups excluding tert-OH is 1. The predicted octanol–water partition coefficient (Wildman–Crippen LogP) is 2.52. The van der Waals surface area contributed by atoms with Gasteiger partial charge in [-0.25, -0.2) is 4.68 Å². The highest BCUT2D eigenvalue weighted by Crippen LogP contribution is 2.20. The van der Waals surface area contributed by atoms with Crippen LogP contribution in [0.3, 0.4) is 0 Å². The number of aliphatic hydroxyl groups is 1. The Bertz CT molecular complexity index is 525. The summed E-state index contributed by atoms with van der Waals surface area (Å²) in [5, 5.41) is 17.1. The van der Waals surface area contributed by atoms with Gasteiger partial charge >= 0.3 is 0 Å². The van der Waals surface area contributed by atoms with Crippen molar-refractivity contribution in [2.75, 3.05) is 6.61 Å². The smallest absolute Gasteiger partial charge is 0.0832 e. The van der Waals surface area contributed by atoms with E-state index < -0.39 is 0 Å². The zero-order valence-corrected chi connectivity index (χ0v) is 11.9. The normalized spacial score (nSPS) is 10.8. The molecule has 0 radical (unpaired) electrons. The van der Waals surface area contributed by atoms with E-state index in [4.69, 9.17) is 5.11 Å². The zero-order valence-electron chi connectivity index (χ0n) is 10.3. The summed E-state index contributed by atoms with van der Waals surface area (Å²) in [5.41, 5.74) is 3.19. The van der Waals surface area contributed by atoms with E-state index in [2.05, 4.69) is 39.2 Å². The van der Waals surface area contributed by atoms with Crippen LogP contribution >= 0.6 is 15.9 Å². The minimum atomic E-state index is 0.186. The molecule has 0 unspecified atom stereocenters. The number of rotatable bonds is 5. The number of aryl methyl sites for hydroxylation is 2. The molecule has 5 heteroatoms. The van der Waals surface area contributed by atoms with Crippen LogP contribution in [0.5, 0.6) is 0 Å². The van der Waals surface area contributed by atoms with Crippen LogP contribution in [0, 0.1) is 0 Å². The van der Waals surface area contributed by atoms with Crippen LogP contribution in [0.2, 0.25) is 0 Å². The third-order valence-electron chi connectivity index (χ3n) is 2.80. The minimum Gasteiger partial charge on any atom is -0.396 e. The Kier molecular flexibility index (Phi) is 4.49. The third kappa shape index (κ3) is 2.97. The molecule has 0 atom stereocenters. The molecule has 1 N–H and O–H groups in total. The number of hydrogen-bond acceptors (Lipinski definition) is 3. The van der Waals surface area contributed by atoms with Crippen molar-refractivity contribution >= 4 is 15.9 Å². The van der Waals surface area contributed by atoms with E-state index in [0.717, 1.165) is 35.1 Å². The molecule has 0 spiro atoms. The number of nitrogens with zero attached hydrogens (tertiary/aromatic N) is 3. The van der Waals surface area contributed by atoms with Gasteiger partial charge in [-0.2, -0.15) is 0 Å². The van der Waals surface area contributed by atoms with Gasteiger partial charge in [-0.15, -0.1) is 5.10 Å². The average Bonchev–Trinajstić information content (AvgIpc) is 2.84. The van der Waals surface area contributed by atoms with Crippen molar-refractivity contribution in [1.82, 2.24) is 15.0 Å². The summed E-state index contributed by atoms with van der Waals surface area (Å²) >= 11 is 3.48. The van der Waals surface area contributed by atoms with Gasteiger partial charge in [-0.1, -0.05) is 28.1 Å². The van der Waals surface area contributed by atoms with Crippen LogP contribution in [-0.2, 0) is 12.8 Å². The highest BCUT2D eigenvalue weighted by molar-refractivity contribution is 9.10. The van der Waals surface area contributed by atoms with Crippen LogP contribution in [0.25, 0.3) is 5.69 Å². The summed E-state index contributed by atoms with van der Waals surface area (Å²) in [7, 11) is 0. The van der Waals surface area contributed by atoms with Crippen molar-refractivity contribution in [3.63, 3.8) is 0 Å². The molecule has 96 valence electrons. The molecule has 1 aromatic carbocycles. The summed E-state index contributed by atoms with van der Waals surface area (Å²) < 4.78 is 2.88. The van der Waals surface area contributed by atoms with Gasteiger partial charge in [0, 0.05) is 11.1 Å². The Hall–Kier alpha value is -1.20. The number of halogens is 1. The summed E-state index contributed by atoms with van der Waals surface area (Å²) in [6.45, 7) is 2.31. The second-order valence-corrected chi connectivity index (χ2v) is 5.02. The van der Waals surface area contributed by atoms with Crippen molar-refractivity contribution in [3.05, 3.63) is 40.1 Å². The van der Waals surface area contributed by atoms with Crippen LogP contribution in [0.4, 0.5) is 0 Å². The minimum absolute atomic E-state index is 0.186. The molecule has 1 aromatic heterocycles. The molecule has 2 rings (SSSR count). The Morgan fingerprint density at radius 1 is 1.39 bits per heavy atom. The van der Waals surface area contributed by atoms with Gasteiger partial charge in [0.25, 0.3) is 0 Å². The topological polar surface area (TPSA) is 50.9 Å². The lowest BCUT2D eigenvalue weighted by Gasteiger charge is -2.07. The molecule has 0 aliphatic heterocycles. The molecule has 18 heavy (non-hydrogen) atoms. The van der Waals surface area contributed by atoms with Crippen LogP contribution in [0.1, 0.15) is 24.6 Å². The van der Waals surface area contributed by atoms with Gasteiger partial charge in [0.15, 0.2) is 0 Å². The van der Waals surface area contributed by atoms with Gasteiger partial charge in [0.2, 0.25) is 0 Å². The number of hydrogen-bond donors (Lipinski definition) is 1. The van der Waals surface area contributed by atoms with Crippen molar-refractivity contribution in [2.45, 2.75) is 26.2 Å². The van der Waals surface area contributed by atoms with Crippen LogP contribution < -0.4 is 0 Å². The largest absolute Gasteiger partial charge is 0.396 e. The highest BCUT2D eigenvalue weighted by Gasteiger charge is 2.07. The molecule has 2 aromatic rings. The third-order valence-corrected chi connectivity index (χ3v) is 3.29. The fourth-order valence-corrected chi connectivity index (χ4v) is 2.26. The summed E-state index contributed by atoms with van der Waals surface area (Å²) in [5.74, 6) is 0. The summed E-state index contributed by atoms with van der Waals surface area (Å²) in [6.07, 6.45) is 4.35. The molecule has 0 amide bonds. The maximum atomic E-state index is 8.80. The number of aromatic nitrogens is 3. The van der Waals surface area contributed by atoms with Gasteiger partial charge in [0.1, 0.15) is 0 Å². The lowest BCUT2D eigenvalue weighted by atomic mass is 10.1. The average molecular weight is 310 g/mol. The molecule has 0 saturated heterocycles. The van der Waals surface area contributed by atoms with Crippen LogP contribution in [-0.4, -0.2) is 26.7 Å². The van der Waals surface area contributed by atoms with Gasteiger partial charge in [0.05, 0.1) is 17.6 Å². The van der Waals surface area contributed by atoms with E-state index in [1.807, 2.05) is 18.3 Å². The second kappa shape index (κ2) is 6.11. The SMILES string of the molecule is CCc1cc(Br)ccc1-n1cc(CCCO)nn1.